The lowest BCUT2D eigenvalue weighted by molar-refractivity contribution is -0.162. The quantitative estimate of drug-likeness (QED) is 0.904. The van der Waals surface area contributed by atoms with Crippen molar-refractivity contribution >= 4 is 5.97 Å². The zero-order chi connectivity index (χ0) is 18.2. The van der Waals surface area contributed by atoms with Crippen LogP contribution < -0.4 is 0 Å². The van der Waals surface area contributed by atoms with E-state index in [1.807, 2.05) is 11.9 Å². The Hall–Kier alpha value is -1.60. The fraction of sp³-hybridized carbons (Fsp3) is 0.611. The highest BCUT2D eigenvalue weighted by Crippen LogP contribution is 2.43. The molecule has 2 heterocycles. The molecule has 3 rings (SSSR count). The topological polar surface area (TPSA) is 43.8 Å². The predicted octanol–water partition coefficient (Wildman–Crippen LogP) is 3.08. The maximum absolute atomic E-state index is 13.2. The number of rotatable bonds is 3. The first-order valence-corrected chi connectivity index (χ1v) is 8.55. The van der Waals surface area contributed by atoms with Crippen LogP contribution in [0.25, 0.3) is 0 Å². The van der Waals surface area contributed by atoms with Gasteiger partial charge in [-0.15, -0.1) is 0 Å². The van der Waals surface area contributed by atoms with Crippen LogP contribution in [0.2, 0.25) is 0 Å². The van der Waals surface area contributed by atoms with Gasteiger partial charge in [0.05, 0.1) is 11.0 Å². The lowest BCUT2D eigenvalue weighted by Gasteiger charge is -2.52. The molecule has 0 radical (unpaired) electrons. The van der Waals surface area contributed by atoms with Crippen LogP contribution in [0.4, 0.5) is 13.2 Å². The highest BCUT2D eigenvalue weighted by atomic mass is 19.4. The summed E-state index contributed by atoms with van der Waals surface area (Å²) in [5.74, 6) is -0.778. The van der Waals surface area contributed by atoms with E-state index in [4.69, 9.17) is 0 Å². The second kappa shape index (κ2) is 6.61. The normalized spacial score (nSPS) is 28.6. The summed E-state index contributed by atoms with van der Waals surface area (Å²) in [6, 6.07) is 5.46. The molecule has 0 saturated carbocycles. The van der Waals surface area contributed by atoms with Crippen LogP contribution in [-0.4, -0.2) is 53.6 Å². The number of likely N-dealkylation sites (tertiary alicyclic amines) is 2. The molecule has 25 heavy (non-hydrogen) atoms. The highest BCUT2D eigenvalue weighted by molar-refractivity contribution is 5.76. The van der Waals surface area contributed by atoms with Crippen LogP contribution in [-0.2, 0) is 17.5 Å². The van der Waals surface area contributed by atoms with Crippen LogP contribution in [0.3, 0.4) is 0 Å². The molecule has 0 aromatic heterocycles. The molecule has 2 saturated heterocycles. The Morgan fingerprint density at radius 3 is 2.68 bits per heavy atom. The molecule has 0 spiro atoms. The lowest BCUT2D eigenvalue weighted by Crippen LogP contribution is -2.62. The number of carboxylic acid groups (broad SMARTS) is 1. The predicted molar refractivity (Wildman–Crippen MR) is 87.1 cm³/mol. The number of hydrogen-bond donors (Lipinski definition) is 1. The first kappa shape index (κ1) is 18.2. The first-order chi connectivity index (χ1) is 11.7. The zero-order valence-electron chi connectivity index (χ0n) is 14.2. The Kier molecular flexibility index (Phi) is 4.81. The third-order valence-corrected chi connectivity index (χ3v) is 5.75. The van der Waals surface area contributed by atoms with Crippen molar-refractivity contribution in [3.63, 3.8) is 0 Å². The van der Waals surface area contributed by atoms with Gasteiger partial charge < -0.3 is 10.0 Å². The van der Waals surface area contributed by atoms with Gasteiger partial charge in [0.1, 0.15) is 0 Å². The van der Waals surface area contributed by atoms with E-state index in [1.165, 1.54) is 12.1 Å². The van der Waals surface area contributed by atoms with Crippen LogP contribution in [0.1, 0.15) is 30.4 Å². The van der Waals surface area contributed by atoms with Gasteiger partial charge in [-0.05, 0) is 51.0 Å². The molecule has 1 aromatic rings. The van der Waals surface area contributed by atoms with Crippen molar-refractivity contribution in [3.8, 4) is 0 Å². The van der Waals surface area contributed by atoms with E-state index in [0.29, 0.717) is 25.9 Å². The first-order valence-electron chi connectivity index (χ1n) is 8.55. The second-order valence-corrected chi connectivity index (χ2v) is 7.20. The maximum atomic E-state index is 13.2. The smallest absolute Gasteiger partial charge is 0.416 e. The van der Waals surface area contributed by atoms with Gasteiger partial charge in [-0.25, -0.2) is 0 Å². The average Bonchev–Trinajstić information content (AvgIpc) is 2.55. The lowest BCUT2D eigenvalue weighted by atomic mass is 9.68. The highest BCUT2D eigenvalue weighted by Gasteiger charge is 2.52. The molecule has 0 amide bonds. The van der Waals surface area contributed by atoms with Crippen molar-refractivity contribution in [3.05, 3.63) is 35.4 Å². The van der Waals surface area contributed by atoms with Crippen molar-refractivity contribution in [1.82, 2.24) is 9.80 Å². The van der Waals surface area contributed by atoms with E-state index in [0.717, 1.165) is 19.0 Å². The van der Waals surface area contributed by atoms with Gasteiger partial charge in [0.15, 0.2) is 0 Å². The number of likely N-dealkylation sites (N-methyl/N-ethyl adjacent to an activating group) is 1. The maximum Gasteiger partial charge on any atom is 0.416 e. The van der Waals surface area contributed by atoms with E-state index in [9.17, 15) is 23.1 Å². The standard InChI is InChI=1S/C18H23F3N2O2/c1-22-9-4-7-17(16(24)25)8-10-23(12-15(17)22)11-13-5-2-3-6-14(13)18(19,20)21/h2-3,5-6,15H,4,7-12H2,1H3,(H,24,25)/t15-,17+/m1/s1. The number of carboxylic acids is 1. The number of nitrogens with zero attached hydrogens (tertiary/aromatic N) is 2. The number of aliphatic carboxylic acids is 1. The number of carbonyl (C=O) groups is 1. The van der Waals surface area contributed by atoms with Gasteiger partial charge in [0, 0.05) is 19.1 Å². The van der Waals surface area contributed by atoms with Crippen molar-refractivity contribution in [2.24, 2.45) is 5.41 Å². The summed E-state index contributed by atoms with van der Waals surface area (Å²) in [4.78, 5) is 15.9. The van der Waals surface area contributed by atoms with Gasteiger partial charge in [-0.1, -0.05) is 18.2 Å². The molecule has 7 heteroatoms. The van der Waals surface area contributed by atoms with Crippen LogP contribution >= 0.6 is 0 Å². The Morgan fingerprint density at radius 2 is 2.00 bits per heavy atom. The molecule has 1 N–H and O–H groups in total. The van der Waals surface area contributed by atoms with Crippen LogP contribution in [0.15, 0.2) is 24.3 Å². The summed E-state index contributed by atoms with van der Waals surface area (Å²) in [6.45, 7) is 2.00. The van der Waals surface area contributed by atoms with E-state index in [1.54, 1.807) is 6.07 Å². The molecule has 138 valence electrons. The summed E-state index contributed by atoms with van der Waals surface area (Å²) in [6.07, 6.45) is -2.41. The largest absolute Gasteiger partial charge is 0.481 e. The number of halogens is 3. The van der Waals surface area contributed by atoms with Gasteiger partial charge in [0.2, 0.25) is 0 Å². The van der Waals surface area contributed by atoms with Crippen LogP contribution in [0.5, 0.6) is 0 Å². The Morgan fingerprint density at radius 1 is 1.28 bits per heavy atom. The molecule has 0 aliphatic carbocycles. The van der Waals surface area contributed by atoms with E-state index in [-0.39, 0.29) is 18.2 Å². The molecule has 2 atom stereocenters. The number of alkyl halides is 3. The summed E-state index contributed by atoms with van der Waals surface area (Å²) in [7, 11) is 1.91. The molecule has 0 bridgehead atoms. The summed E-state index contributed by atoms with van der Waals surface area (Å²) in [5.41, 5.74) is -1.13. The van der Waals surface area contributed by atoms with Gasteiger partial charge in [0.25, 0.3) is 0 Å². The molecule has 1 aromatic carbocycles. The summed E-state index contributed by atoms with van der Waals surface area (Å²) >= 11 is 0. The van der Waals surface area contributed by atoms with Gasteiger partial charge >= 0.3 is 12.1 Å². The summed E-state index contributed by atoms with van der Waals surface area (Å²) < 4.78 is 39.6. The molecular weight excluding hydrogens is 333 g/mol. The molecule has 2 aliphatic rings. The fourth-order valence-corrected chi connectivity index (χ4v) is 4.36. The minimum Gasteiger partial charge on any atom is -0.481 e. The Balaban J connectivity index is 1.80. The van der Waals surface area contributed by atoms with E-state index in [2.05, 4.69) is 4.90 Å². The number of piperidine rings is 2. The van der Waals surface area contributed by atoms with Crippen molar-refractivity contribution in [2.45, 2.75) is 38.0 Å². The fourth-order valence-electron chi connectivity index (χ4n) is 4.36. The molecule has 2 aliphatic heterocycles. The SMILES string of the molecule is CN1CCC[C@]2(C(=O)O)CCN(Cc3ccccc3C(F)(F)F)C[C@@H]12. The zero-order valence-corrected chi connectivity index (χ0v) is 14.2. The number of benzene rings is 1. The van der Waals surface area contributed by atoms with Crippen molar-refractivity contribution in [2.75, 3.05) is 26.7 Å². The minimum atomic E-state index is -4.38. The second-order valence-electron chi connectivity index (χ2n) is 7.20. The Labute approximate surface area is 145 Å². The molecule has 4 nitrogen and oxygen atoms in total. The molecule has 0 unspecified atom stereocenters. The number of hydrogen-bond acceptors (Lipinski definition) is 3. The van der Waals surface area contributed by atoms with Crippen molar-refractivity contribution < 1.29 is 23.1 Å². The van der Waals surface area contributed by atoms with Gasteiger partial charge in [-0.2, -0.15) is 13.2 Å². The van der Waals surface area contributed by atoms with E-state index < -0.39 is 23.1 Å². The number of fused-ring (bicyclic) bond motifs is 1. The van der Waals surface area contributed by atoms with Crippen LogP contribution in [0, 0.1) is 5.41 Å². The van der Waals surface area contributed by atoms with Crippen molar-refractivity contribution in [1.29, 1.82) is 0 Å². The van der Waals surface area contributed by atoms with E-state index >= 15 is 0 Å². The minimum absolute atomic E-state index is 0.162. The monoisotopic (exact) mass is 356 g/mol. The molecular formula is C18H23F3N2O2. The summed E-state index contributed by atoms with van der Waals surface area (Å²) in [5, 5.41) is 9.77. The van der Waals surface area contributed by atoms with Gasteiger partial charge in [-0.3, -0.25) is 9.69 Å². The Bertz CT molecular complexity index is 649. The third-order valence-electron chi connectivity index (χ3n) is 5.75. The third kappa shape index (κ3) is 3.40. The average molecular weight is 356 g/mol. The molecule has 2 fully saturated rings.